The minimum absolute atomic E-state index is 0.0173. The van der Waals surface area contributed by atoms with E-state index in [1.807, 2.05) is 11.3 Å². The van der Waals surface area contributed by atoms with Crippen LogP contribution in [0.15, 0.2) is 11.4 Å². The molecule has 2 N–H and O–H groups in total. The van der Waals surface area contributed by atoms with Gasteiger partial charge in [0.25, 0.3) is 0 Å². The lowest BCUT2D eigenvalue weighted by molar-refractivity contribution is 0.248. The quantitative estimate of drug-likeness (QED) is 0.753. The molecule has 1 aliphatic rings. The topological polar surface area (TPSA) is 26.0 Å². The van der Waals surface area contributed by atoms with Crippen molar-refractivity contribution in [1.82, 2.24) is 0 Å². The van der Waals surface area contributed by atoms with Gasteiger partial charge in [-0.15, -0.1) is 11.3 Å². The van der Waals surface area contributed by atoms with E-state index in [0.29, 0.717) is 0 Å². The van der Waals surface area contributed by atoms with Crippen LogP contribution < -0.4 is 5.73 Å². The Hall–Kier alpha value is -0.340. The average molecular weight is 209 g/mol. The molecule has 78 valence electrons. The van der Waals surface area contributed by atoms with Crippen LogP contribution in [0.3, 0.4) is 0 Å². The first-order valence-corrected chi connectivity index (χ1v) is 6.33. The molecule has 2 rings (SSSR count). The van der Waals surface area contributed by atoms with Gasteiger partial charge in [0.05, 0.1) is 0 Å². The van der Waals surface area contributed by atoms with Gasteiger partial charge in [-0.1, -0.05) is 6.92 Å². The first-order chi connectivity index (χ1) is 6.62. The smallest absolute Gasteiger partial charge is 0.0420 e. The lowest BCUT2D eigenvalue weighted by Gasteiger charge is -2.36. The molecular weight excluding hydrogens is 190 g/mol. The Balaban J connectivity index is 2.21. The highest BCUT2D eigenvalue weighted by molar-refractivity contribution is 7.10. The van der Waals surface area contributed by atoms with Crippen LogP contribution in [0.5, 0.6) is 0 Å². The monoisotopic (exact) mass is 209 g/mol. The van der Waals surface area contributed by atoms with Gasteiger partial charge in [0.15, 0.2) is 0 Å². The van der Waals surface area contributed by atoms with Gasteiger partial charge in [-0.05, 0) is 55.5 Å². The van der Waals surface area contributed by atoms with Gasteiger partial charge in [-0.2, -0.15) is 0 Å². The van der Waals surface area contributed by atoms with Crippen LogP contribution in [0, 0.1) is 12.8 Å². The second-order valence-corrected chi connectivity index (χ2v) is 5.85. The van der Waals surface area contributed by atoms with E-state index in [4.69, 9.17) is 5.73 Å². The summed E-state index contributed by atoms with van der Waals surface area (Å²) in [7, 11) is 0. The van der Waals surface area contributed by atoms with Crippen LogP contribution in [0.4, 0.5) is 0 Å². The van der Waals surface area contributed by atoms with Gasteiger partial charge in [-0.25, -0.2) is 0 Å². The number of hydrogen-bond donors (Lipinski definition) is 1. The van der Waals surface area contributed by atoms with E-state index in [0.717, 1.165) is 18.8 Å². The molecule has 1 aromatic heterocycles. The van der Waals surface area contributed by atoms with Gasteiger partial charge in [-0.3, -0.25) is 0 Å². The summed E-state index contributed by atoms with van der Waals surface area (Å²) >= 11 is 1.82. The van der Waals surface area contributed by atoms with Crippen molar-refractivity contribution in [1.29, 1.82) is 0 Å². The van der Waals surface area contributed by atoms with Crippen molar-refractivity contribution >= 4 is 11.3 Å². The number of nitrogens with two attached hydrogens (primary N) is 1. The molecule has 0 saturated heterocycles. The molecule has 0 amide bonds. The maximum absolute atomic E-state index is 6.49. The van der Waals surface area contributed by atoms with E-state index in [1.165, 1.54) is 23.3 Å². The summed E-state index contributed by atoms with van der Waals surface area (Å²) in [6.45, 7) is 4.52. The number of aryl methyl sites for hydroxylation is 1. The fourth-order valence-corrected chi connectivity index (χ4v) is 3.25. The Kier molecular flexibility index (Phi) is 2.67. The second-order valence-electron chi connectivity index (χ2n) is 4.73. The molecule has 1 nitrogen and oxygen atoms in total. The first-order valence-electron chi connectivity index (χ1n) is 5.45. The maximum atomic E-state index is 6.49. The van der Waals surface area contributed by atoms with Crippen LogP contribution in [-0.4, -0.2) is 0 Å². The second kappa shape index (κ2) is 3.67. The molecule has 0 aliphatic heterocycles. The minimum Gasteiger partial charge on any atom is -0.321 e. The first kappa shape index (κ1) is 10.2. The zero-order chi connectivity index (χ0) is 10.2. The summed E-state index contributed by atoms with van der Waals surface area (Å²) in [4.78, 5) is 1.40. The Bertz CT molecular complexity index is 308. The van der Waals surface area contributed by atoms with Crippen molar-refractivity contribution in [3.8, 4) is 0 Å². The molecule has 0 bridgehead atoms. The molecule has 1 saturated carbocycles. The minimum atomic E-state index is -0.0173. The molecule has 0 spiro atoms. The summed E-state index contributed by atoms with van der Waals surface area (Å²) in [6.07, 6.45) is 4.88. The maximum Gasteiger partial charge on any atom is 0.0420 e. The van der Waals surface area contributed by atoms with Gasteiger partial charge >= 0.3 is 0 Å². The molecule has 0 aromatic carbocycles. The summed E-state index contributed by atoms with van der Waals surface area (Å²) in [5.74, 6) is 0.866. The Labute approximate surface area is 90.3 Å². The van der Waals surface area contributed by atoms with Crippen molar-refractivity contribution in [2.24, 2.45) is 11.7 Å². The summed E-state index contributed by atoms with van der Waals surface area (Å²) in [5.41, 5.74) is 7.87. The van der Waals surface area contributed by atoms with Crippen LogP contribution in [-0.2, 0) is 5.54 Å². The predicted octanol–water partition coefficient (Wildman–Crippen LogP) is 3.42. The average Bonchev–Trinajstić information content (AvgIpc) is 2.58. The highest BCUT2D eigenvalue weighted by Crippen LogP contribution is 2.39. The fraction of sp³-hybridized carbons (Fsp3) is 0.667. The molecule has 1 aliphatic carbocycles. The van der Waals surface area contributed by atoms with Gasteiger partial charge in [0.1, 0.15) is 0 Å². The van der Waals surface area contributed by atoms with E-state index in [9.17, 15) is 0 Å². The lowest BCUT2D eigenvalue weighted by Crippen LogP contribution is -2.40. The summed E-state index contributed by atoms with van der Waals surface area (Å²) in [5, 5.41) is 2.16. The highest BCUT2D eigenvalue weighted by atomic mass is 32.1. The summed E-state index contributed by atoms with van der Waals surface area (Å²) < 4.78 is 0. The lowest BCUT2D eigenvalue weighted by atomic mass is 9.74. The number of rotatable bonds is 1. The summed E-state index contributed by atoms with van der Waals surface area (Å²) in [6, 6.07) is 2.22. The van der Waals surface area contributed by atoms with Crippen molar-refractivity contribution in [2.45, 2.75) is 45.1 Å². The molecule has 0 radical (unpaired) electrons. The van der Waals surface area contributed by atoms with Crippen LogP contribution in [0.2, 0.25) is 0 Å². The van der Waals surface area contributed by atoms with E-state index < -0.39 is 0 Å². The van der Waals surface area contributed by atoms with E-state index in [1.54, 1.807) is 0 Å². The fourth-order valence-electron chi connectivity index (χ4n) is 2.45. The van der Waals surface area contributed by atoms with Crippen LogP contribution in [0.1, 0.15) is 43.0 Å². The van der Waals surface area contributed by atoms with Crippen molar-refractivity contribution in [3.63, 3.8) is 0 Å². The van der Waals surface area contributed by atoms with E-state index >= 15 is 0 Å². The standard InChI is InChI=1S/C12H19NS/c1-9-3-6-12(13,7-4-9)11-5-8-14-10(11)2/h5,8-9H,3-4,6-7,13H2,1-2H3. The Morgan fingerprint density at radius 3 is 2.57 bits per heavy atom. The van der Waals surface area contributed by atoms with E-state index in [-0.39, 0.29) is 5.54 Å². The predicted molar refractivity (Wildman–Crippen MR) is 62.6 cm³/mol. The van der Waals surface area contributed by atoms with E-state index in [2.05, 4.69) is 25.3 Å². The zero-order valence-corrected chi connectivity index (χ0v) is 9.86. The third-order valence-electron chi connectivity index (χ3n) is 3.56. The molecule has 0 unspecified atom stereocenters. The number of thiophene rings is 1. The Morgan fingerprint density at radius 2 is 2.07 bits per heavy atom. The SMILES string of the molecule is Cc1sccc1C1(N)CCC(C)CC1. The van der Waals surface area contributed by atoms with Crippen LogP contribution >= 0.6 is 11.3 Å². The number of hydrogen-bond acceptors (Lipinski definition) is 2. The van der Waals surface area contributed by atoms with Gasteiger partial charge in [0.2, 0.25) is 0 Å². The van der Waals surface area contributed by atoms with Crippen molar-refractivity contribution < 1.29 is 0 Å². The van der Waals surface area contributed by atoms with Crippen molar-refractivity contribution in [2.75, 3.05) is 0 Å². The van der Waals surface area contributed by atoms with Crippen LogP contribution in [0.25, 0.3) is 0 Å². The van der Waals surface area contributed by atoms with Gasteiger partial charge < -0.3 is 5.73 Å². The molecule has 2 heteroatoms. The molecule has 1 aromatic rings. The normalized spacial score (nSPS) is 33.2. The largest absolute Gasteiger partial charge is 0.321 e. The molecule has 0 atom stereocenters. The molecular formula is C12H19NS. The molecule has 1 fully saturated rings. The van der Waals surface area contributed by atoms with Gasteiger partial charge in [0, 0.05) is 10.4 Å². The van der Waals surface area contributed by atoms with Crippen molar-refractivity contribution in [3.05, 3.63) is 21.9 Å². The third-order valence-corrected chi connectivity index (χ3v) is 4.41. The zero-order valence-electron chi connectivity index (χ0n) is 9.05. The molecule has 1 heterocycles. The highest BCUT2D eigenvalue weighted by Gasteiger charge is 2.33. The molecule has 14 heavy (non-hydrogen) atoms. The Morgan fingerprint density at radius 1 is 1.43 bits per heavy atom. The third kappa shape index (κ3) is 1.73.